The van der Waals surface area contributed by atoms with Crippen LogP contribution in [-0.4, -0.2) is 31.7 Å². The minimum absolute atomic E-state index is 0.0124. The van der Waals surface area contributed by atoms with Crippen molar-refractivity contribution in [1.82, 2.24) is 0 Å². The molecule has 1 amide bonds. The molecule has 0 aromatic heterocycles. The minimum Gasteiger partial charge on any atom is -0.378 e. The Morgan fingerprint density at radius 1 is 1.53 bits per heavy atom. The summed E-state index contributed by atoms with van der Waals surface area (Å²) in [6.07, 6.45) is 0. The monoisotopic (exact) mass is 284 g/mol. The van der Waals surface area contributed by atoms with Crippen LogP contribution in [0.2, 0.25) is 5.02 Å². The van der Waals surface area contributed by atoms with Crippen molar-refractivity contribution in [3.63, 3.8) is 0 Å². The summed E-state index contributed by atoms with van der Waals surface area (Å²) >= 11 is 5.79. The summed E-state index contributed by atoms with van der Waals surface area (Å²) in [5.74, 6) is -0.804. The largest absolute Gasteiger partial charge is 0.378 e. The summed E-state index contributed by atoms with van der Waals surface area (Å²) in [7, 11) is 0. The first-order chi connectivity index (χ1) is 9.11. The predicted octanol–water partition coefficient (Wildman–Crippen LogP) is 2.27. The van der Waals surface area contributed by atoms with Gasteiger partial charge in [0, 0.05) is 12.6 Å². The number of benzene rings is 1. The van der Waals surface area contributed by atoms with E-state index in [0.717, 1.165) is 0 Å². The van der Waals surface area contributed by atoms with E-state index in [1.54, 1.807) is 0 Å². The summed E-state index contributed by atoms with van der Waals surface area (Å²) < 4.78 is 19.1. The highest BCUT2D eigenvalue weighted by molar-refractivity contribution is 6.31. The van der Waals surface area contributed by atoms with Gasteiger partial charge in [-0.3, -0.25) is 4.79 Å². The Balaban J connectivity index is 2.13. The van der Waals surface area contributed by atoms with Gasteiger partial charge in [0.05, 0.1) is 41.6 Å². The fraction of sp³-hybridized carbons (Fsp3) is 0.462. The average molecular weight is 285 g/mol. The Labute approximate surface area is 115 Å². The average Bonchev–Trinajstić information content (AvgIpc) is 2.81. The van der Waals surface area contributed by atoms with Gasteiger partial charge in [0.15, 0.2) is 0 Å². The molecule has 2 aliphatic heterocycles. The molecule has 0 bridgehead atoms. The highest BCUT2D eigenvalue weighted by Crippen LogP contribution is 2.38. The number of hydrogen-bond acceptors (Lipinski definition) is 3. The van der Waals surface area contributed by atoms with Crippen LogP contribution in [-0.2, 0) is 9.53 Å². The van der Waals surface area contributed by atoms with E-state index in [-0.39, 0.29) is 22.9 Å². The molecule has 4 nitrogen and oxygen atoms in total. The molecule has 0 saturated carbocycles. The van der Waals surface area contributed by atoms with Gasteiger partial charge in [-0.25, -0.2) is 4.39 Å². The molecule has 1 N–H and O–H groups in total. The second-order valence-electron chi connectivity index (χ2n) is 4.77. The Morgan fingerprint density at radius 3 is 3.05 bits per heavy atom. The lowest BCUT2D eigenvalue weighted by molar-refractivity contribution is -0.120. The van der Waals surface area contributed by atoms with Gasteiger partial charge in [-0.15, -0.1) is 0 Å². The van der Waals surface area contributed by atoms with Crippen LogP contribution >= 0.6 is 11.6 Å². The lowest BCUT2D eigenvalue weighted by atomic mass is 10.0. The number of nitrogens with one attached hydrogen (secondary N) is 1. The van der Waals surface area contributed by atoms with E-state index >= 15 is 0 Å². The van der Waals surface area contributed by atoms with Gasteiger partial charge < -0.3 is 15.0 Å². The number of rotatable bonds is 1. The van der Waals surface area contributed by atoms with Gasteiger partial charge in [-0.1, -0.05) is 11.6 Å². The number of amides is 1. The summed E-state index contributed by atoms with van der Waals surface area (Å²) in [6.45, 7) is 3.53. The number of anilines is 2. The Bertz CT molecular complexity index is 538. The highest BCUT2D eigenvalue weighted by Gasteiger charge is 2.41. The zero-order valence-electron chi connectivity index (χ0n) is 10.5. The summed E-state index contributed by atoms with van der Waals surface area (Å²) in [4.78, 5) is 14.2. The van der Waals surface area contributed by atoms with E-state index in [1.165, 1.54) is 12.1 Å². The third-order valence-electron chi connectivity index (χ3n) is 3.73. The number of fused-ring (bicyclic) bond motifs is 2. The summed E-state index contributed by atoms with van der Waals surface area (Å²) in [5, 5.41) is 2.83. The molecule has 1 aromatic rings. The summed E-state index contributed by atoms with van der Waals surface area (Å²) in [5.41, 5.74) is 1.23. The maximum atomic E-state index is 13.7. The smallest absolute Gasteiger partial charge is 0.232 e. The molecule has 0 radical (unpaired) electrons. The van der Waals surface area contributed by atoms with Crippen molar-refractivity contribution in [1.29, 1.82) is 0 Å². The SMILES string of the molecule is CCN1c2cc(F)c(Cl)cc2NC(=O)C2COCC21. The van der Waals surface area contributed by atoms with Crippen LogP contribution < -0.4 is 10.2 Å². The number of ether oxygens (including phenoxy) is 1. The second kappa shape index (κ2) is 4.65. The summed E-state index contributed by atoms with van der Waals surface area (Å²) in [6, 6.07) is 2.79. The first-order valence-corrected chi connectivity index (χ1v) is 6.64. The van der Waals surface area contributed by atoms with Gasteiger partial charge in [-0.05, 0) is 13.0 Å². The van der Waals surface area contributed by atoms with E-state index in [2.05, 4.69) is 5.32 Å². The molecule has 2 unspecified atom stereocenters. The first-order valence-electron chi connectivity index (χ1n) is 6.26. The number of likely N-dealkylation sites (N-methyl/N-ethyl adjacent to an activating group) is 1. The van der Waals surface area contributed by atoms with Crippen LogP contribution in [0.1, 0.15) is 6.92 Å². The number of carbonyl (C=O) groups is 1. The molecule has 0 aliphatic carbocycles. The van der Waals surface area contributed by atoms with Gasteiger partial charge in [0.25, 0.3) is 0 Å². The molecule has 3 rings (SSSR count). The molecule has 1 fully saturated rings. The predicted molar refractivity (Wildman–Crippen MR) is 71.2 cm³/mol. The molecule has 2 atom stereocenters. The van der Waals surface area contributed by atoms with E-state index in [0.29, 0.717) is 31.1 Å². The normalized spacial score (nSPS) is 25.6. The quantitative estimate of drug-likeness (QED) is 0.860. The van der Waals surface area contributed by atoms with E-state index in [4.69, 9.17) is 16.3 Å². The van der Waals surface area contributed by atoms with Crippen LogP contribution in [0.4, 0.5) is 15.8 Å². The molecule has 2 heterocycles. The van der Waals surface area contributed by atoms with Crippen LogP contribution in [0, 0.1) is 11.7 Å². The fourth-order valence-corrected chi connectivity index (χ4v) is 2.95. The second-order valence-corrected chi connectivity index (χ2v) is 5.18. The maximum Gasteiger partial charge on any atom is 0.232 e. The van der Waals surface area contributed by atoms with Crippen LogP contribution in [0.3, 0.4) is 0 Å². The van der Waals surface area contributed by atoms with Gasteiger partial charge in [-0.2, -0.15) is 0 Å². The molecule has 1 saturated heterocycles. The van der Waals surface area contributed by atoms with Crippen LogP contribution in [0.25, 0.3) is 0 Å². The molecular formula is C13H14ClFN2O2. The van der Waals surface area contributed by atoms with Gasteiger partial charge in [0.1, 0.15) is 5.82 Å². The van der Waals surface area contributed by atoms with Crippen molar-refractivity contribution in [2.45, 2.75) is 13.0 Å². The lowest BCUT2D eigenvalue weighted by Gasteiger charge is -2.30. The van der Waals surface area contributed by atoms with Crippen molar-refractivity contribution in [3.05, 3.63) is 23.0 Å². The zero-order valence-corrected chi connectivity index (χ0v) is 11.2. The number of nitrogens with zero attached hydrogens (tertiary/aromatic N) is 1. The van der Waals surface area contributed by atoms with Crippen molar-refractivity contribution >= 4 is 28.9 Å². The van der Waals surface area contributed by atoms with E-state index < -0.39 is 5.82 Å². The minimum atomic E-state index is -0.481. The molecule has 19 heavy (non-hydrogen) atoms. The third kappa shape index (κ3) is 1.97. The molecule has 102 valence electrons. The first kappa shape index (κ1) is 12.7. The highest BCUT2D eigenvalue weighted by atomic mass is 35.5. The fourth-order valence-electron chi connectivity index (χ4n) is 2.78. The van der Waals surface area contributed by atoms with Crippen molar-refractivity contribution in [3.8, 4) is 0 Å². The Hall–Kier alpha value is -1.33. The molecule has 0 spiro atoms. The number of hydrogen-bond donors (Lipinski definition) is 1. The van der Waals surface area contributed by atoms with Crippen molar-refractivity contribution in [2.24, 2.45) is 5.92 Å². The lowest BCUT2D eigenvalue weighted by Crippen LogP contribution is -2.42. The molecule has 1 aromatic carbocycles. The van der Waals surface area contributed by atoms with Crippen molar-refractivity contribution in [2.75, 3.05) is 30.0 Å². The topological polar surface area (TPSA) is 41.6 Å². The molecular weight excluding hydrogens is 271 g/mol. The van der Waals surface area contributed by atoms with Gasteiger partial charge >= 0.3 is 0 Å². The molecule has 2 aliphatic rings. The number of halogens is 2. The Morgan fingerprint density at radius 2 is 2.32 bits per heavy atom. The third-order valence-corrected chi connectivity index (χ3v) is 4.02. The number of carbonyl (C=O) groups excluding carboxylic acids is 1. The van der Waals surface area contributed by atoms with E-state index in [9.17, 15) is 9.18 Å². The molecule has 6 heteroatoms. The van der Waals surface area contributed by atoms with Crippen LogP contribution in [0.5, 0.6) is 0 Å². The van der Waals surface area contributed by atoms with Crippen molar-refractivity contribution < 1.29 is 13.9 Å². The van der Waals surface area contributed by atoms with Gasteiger partial charge in [0.2, 0.25) is 5.91 Å². The standard InChI is InChI=1S/C13H14ClFN2O2/c1-2-17-11-4-9(15)8(14)3-10(11)16-13(18)7-5-19-6-12(7)17/h3-4,7,12H,2,5-6H2,1H3,(H,16,18). The Kier molecular flexibility index (Phi) is 3.11. The van der Waals surface area contributed by atoms with E-state index in [1.807, 2.05) is 11.8 Å². The maximum absolute atomic E-state index is 13.7. The zero-order chi connectivity index (χ0) is 13.6. The van der Waals surface area contributed by atoms with Crippen LogP contribution in [0.15, 0.2) is 12.1 Å².